The highest BCUT2D eigenvalue weighted by Gasteiger charge is 2.17. The summed E-state index contributed by atoms with van der Waals surface area (Å²) >= 11 is 0. The van der Waals surface area contributed by atoms with E-state index in [1.54, 1.807) is 29.7 Å². The van der Waals surface area contributed by atoms with Crippen LogP contribution in [-0.2, 0) is 16.8 Å². The van der Waals surface area contributed by atoms with E-state index in [0.717, 1.165) is 4.31 Å². The second-order valence-corrected chi connectivity index (χ2v) is 6.96. The van der Waals surface area contributed by atoms with E-state index in [-0.39, 0.29) is 6.54 Å². The number of hydrogen-bond donors (Lipinski definition) is 1. The molecule has 0 unspecified atom stereocenters. The molecule has 0 aliphatic rings. The molecule has 0 saturated heterocycles. The zero-order chi connectivity index (χ0) is 16.6. The van der Waals surface area contributed by atoms with Crippen LogP contribution in [0, 0.1) is 6.92 Å². The molecular formula is C12H15N7O3S. The Hall–Kier alpha value is -2.37. The van der Waals surface area contributed by atoms with E-state index in [2.05, 4.69) is 25.1 Å². The molecule has 0 saturated carbocycles. The van der Waals surface area contributed by atoms with Gasteiger partial charge in [0.1, 0.15) is 0 Å². The maximum absolute atomic E-state index is 11.8. The van der Waals surface area contributed by atoms with Crippen molar-refractivity contribution in [2.45, 2.75) is 13.5 Å². The molecule has 3 rings (SSSR count). The van der Waals surface area contributed by atoms with Crippen LogP contribution in [0.2, 0.25) is 0 Å². The van der Waals surface area contributed by atoms with Gasteiger partial charge in [-0.1, -0.05) is 5.16 Å². The van der Waals surface area contributed by atoms with E-state index in [4.69, 9.17) is 4.52 Å². The average molecular weight is 337 g/mol. The Morgan fingerprint density at radius 3 is 2.78 bits per heavy atom. The van der Waals surface area contributed by atoms with Crippen LogP contribution in [0.4, 0.5) is 0 Å². The number of aromatic nitrogens is 5. The molecule has 0 bridgehead atoms. The summed E-state index contributed by atoms with van der Waals surface area (Å²) in [5, 5.41) is 11.9. The van der Waals surface area contributed by atoms with Crippen LogP contribution in [0.15, 0.2) is 22.9 Å². The Balaban J connectivity index is 1.96. The fraction of sp³-hybridized carbons (Fsp3) is 0.333. The summed E-state index contributed by atoms with van der Waals surface area (Å²) in [5.41, 5.74) is 1.14. The minimum Gasteiger partial charge on any atom is -0.334 e. The summed E-state index contributed by atoms with van der Waals surface area (Å²) < 4.78 is 33.9. The Morgan fingerprint density at radius 2 is 2.13 bits per heavy atom. The Morgan fingerprint density at radius 1 is 1.35 bits per heavy atom. The Bertz CT molecular complexity index is 945. The average Bonchev–Trinajstić information content (AvgIpc) is 3.11. The highest BCUT2D eigenvalue weighted by atomic mass is 32.2. The minimum absolute atomic E-state index is 0.00793. The van der Waals surface area contributed by atoms with Crippen molar-refractivity contribution in [1.29, 1.82) is 0 Å². The Labute approximate surface area is 132 Å². The van der Waals surface area contributed by atoms with E-state index in [9.17, 15) is 8.42 Å². The van der Waals surface area contributed by atoms with Crippen molar-refractivity contribution < 1.29 is 12.9 Å². The van der Waals surface area contributed by atoms with E-state index in [1.807, 2.05) is 0 Å². The van der Waals surface area contributed by atoms with Gasteiger partial charge < -0.3 is 4.52 Å². The van der Waals surface area contributed by atoms with Gasteiger partial charge in [0.2, 0.25) is 0 Å². The predicted octanol–water partition coefficient (Wildman–Crippen LogP) is -0.0163. The SMILES string of the molecule is Cc1noc(-c2cccn3c(CNS(=O)(=O)N(C)C)nnc23)n1. The number of rotatable bonds is 5. The van der Waals surface area contributed by atoms with Crippen LogP contribution in [-0.4, -0.2) is 51.6 Å². The summed E-state index contributed by atoms with van der Waals surface area (Å²) in [7, 11) is -0.651. The van der Waals surface area contributed by atoms with Crippen molar-refractivity contribution in [3.8, 4) is 11.5 Å². The molecule has 0 radical (unpaired) electrons. The molecule has 23 heavy (non-hydrogen) atoms. The first-order valence-corrected chi connectivity index (χ1v) is 8.13. The molecule has 0 amide bonds. The number of aryl methyl sites for hydroxylation is 1. The van der Waals surface area contributed by atoms with Crippen molar-refractivity contribution in [3.63, 3.8) is 0 Å². The summed E-state index contributed by atoms with van der Waals surface area (Å²) in [6.45, 7) is 1.73. The van der Waals surface area contributed by atoms with Gasteiger partial charge in [0, 0.05) is 20.3 Å². The van der Waals surface area contributed by atoms with Gasteiger partial charge in [-0.15, -0.1) is 10.2 Å². The number of hydrogen-bond acceptors (Lipinski definition) is 7. The van der Waals surface area contributed by atoms with Crippen LogP contribution in [0.5, 0.6) is 0 Å². The van der Waals surface area contributed by atoms with Crippen LogP contribution >= 0.6 is 0 Å². The summed E-state index contributed by atoms with van der Waals surface area (Å²) in [6.07, 6.45) is 1.74. The van der Waals surface area contributed by atoms with Crippen LogP contribution in [0.25, 0.3) is 17.1 Å². The minimum atomic E-state index is -3.54. The van der Waals surface area contributed by atoms with Crippen LogP contribution in [0.3, 0.4) is 0 Å². The van der Waals surface area contributed by atoms with Gasteiger partial charge in [0.05, 0.1) is 12.1 Å². The maximum atomic E-state index is 11.8. The Kier molecular flexibility index (Phi) is 3.83. The summed E-state index contributed by atoms with van der Waals surface area (Å²) in [5.74, 6) is 1.30. The van der Waals surface area contributed by atoms with E-state index < -0.39 is 10.2 Å². The smallest absolute Gasteiger partial charge is 0.279 e. The fourth-order valence-electron chi connectivity index (χ4n) is 1.94. The summed E-state index contributed by atoms with van der Waals surface area (Å²) in [4.78, 5) is 4.17. The lowest BCUT2D eigenvalue weighted by atomic mass is 10.2. The largest absolute Gasteiger partial charge is 0.334 e. The first-order chi connectivity index (χ1) is 10.9. The lowest BCUT2D eigenvalue weighted by Crippen LogP contribution is -2.35. The molecule has 0 aliphatic heterocycles. The number of nitrogens with zero attached hydrogens (tertiary/aromatic N) is 6. The van der Waals surface area contributed by atoms with E-state index in [1.165, 1.54) is 14.1 Å². The number of pyridine rings is 1. The zero-order valence-corrected chi connectivity index (χ0v) is 13.6. The molecule has 0 spiro atoms. The number of nitrogens with one attached hydrogen (secondary N) is 1. The quantitative estimate of drug-likeness (QED) is 0.695. The van der Waals surface area contributed by atoms with Gasteiger partial charge >= 0.3 is 0 Å². The lowest BCUT2D eigenvalue weighted by Gasteiger charge is -2.11. The van der Waals surface area contributed by atoms with Crippen molar-refractivity contribution in [2.75, 3.05) is 14.1 Å². The molecule has 0 atom stereocenters. The van der Waals surface area contributed by atoms with Gasteiger partial charge in [-0.05, 0) is 19.1 Å². The molecule has 122 valence electrons. The molecule has 10 nitrogen and oxygen atoms in total. The third-order valence-corrected chi connectivity index (χ3v) is 4.63. The molecule has 11 heteroatoms. The lowest BCUT2D eigenvalue weighted by molar-refractivity contribution is 0.426. The van der Waals surface area contributed by atoms with Gasteiger partial charge in [0.25, 0.3) is 16.1 Å². The van der Waals surface area contributed by atoms with Gasteiger partial charge in [-0.2, -0.15) is 22.4 Å². The van der Waals surface area contributed by atoms with Crippen LogP contribution in [0.1, 0.15) is 11.6 Å². The van der Waals surface area contributed by atoms with E-state index in [0.29, 0.717) is 28.8 Å². The monoisotopic (exact) mass is 337 g/mol. The van der Waals surface area contributed by atoms with Crippen molar-refractivity contribution >= 4 is 15.9 Å². The molecule has 3 heterocycles. The standard InChI is InChI=1S/C12H15N7O3S/c1-8-14-12(22-17-8)9-5-4-6-19-10(15-16-11(9)19)7-13-23(20,21)18(2)3/h4-6,13H,7H2,1-3H3. The topological polar surface area (TPSA) is 119 Å². The molecule has 0 fully saturated rings. The van der Waals surface area contributed by atoms with E-state index >= 15 is 0 Å². The van der Waals surface area contributed by atoms with Gasteiger partial charge in [-0.25, -0.2) is 0 Å². The molecular weight excluding hydrogens is 322 g/mol. The van der Waals surface area contributed by atoms with Crippen molar-refractivity contribution in [3.05, 3.63) is 30.0 Å². The zero-order valence-electron chi connectivity index (χ0n) is 12.8. The van der Waals surface area contributed by atoms with Crippen LogP contribution < -0.4 is 4.72 Å². The van der Waals surface area contributed by atoms with Gasteiger partial charge in [0.15, 0.2) is 17.3 Å². The predicted molar refractivity (Wildman–Crippen MR) is 80.5 cm³/mol. The first kappa shape index (κ1) is 15.5. The number of fused-ring (bicyclic) bond motifs is 1. The highest BCUT2D eigenvalue weighted by Crippen LogP contribution is 2.22. The fourth-order valence-corrected chi connectivity index (χ4v) is 2.51. The highest BCUT2D eigenvalue weighted by molar-refractivity contribution is 7.87. The molecule has 0 aromatic carbocycles. The first-order valence-electron chi connectivity index (χ1n) is 6.69. The second kappa shape index (κ2) is 5.68. The normalized spacial score (nSPS) is 12.3. The third-order valence-electron chi connectivity index (χ3n) is 3.16. The third kappa shape index (κ3) is 2.93. The molecule has 3 aromatic rings. The molecule has 1 N–H and O–H groups in total. The maximum Gasteiger partial charge on any atom is 0.279 e. The second-order valence-electron chi connectivity index (χ2n) is 4.99. The molecule has 0 aliphatic carbocycles. The molecule has 3 aromatic heterocycles. The summed E-state index contributed by atoms with van der Waals surface area (Å²) in [6, 6.07) is 3.56. The van der Waals surface area contributed by atoms with Crippen molar-refractivity contribution in [2.24, 2.45) is 0 Å². The van der Waals surface area contributed by atoms with Crippen molar-refractivity contribution in [1.82, 2.24) is 33.8 Å². The van der Waals surface area contributed by atoms with Gasteiger partial charge in [-0.3, -0.25) is 4.40 Å².